The number of aromatic nitrogens is 1. The van der Waals surface area contributed by atoms with Gasteiger partial charge in [-0.2, -0.15) is 0 Å². The van der Waals surface area contributed by atoms with Crippen molar-refractivity contribution in [1.82, 2.24) is 4.57 Å². The summed E-state index contributed by atoms with van der Waals surface area (Å²) < 4.78 is 2.39. The van der Waals surface area contributed by atoms with E-state index < -0.39 is 0 Å². The Morgan fingerprint density at radius 1 is 0.322 bits per heavy atom. The van der Waals surface area contributed by atoms with Crippen molar-refractivity contribution in [2.24, 2.45) is 0 Å². The van der Waals surface area contributed by atoms with Crippen molar-refractivity contribution < 1.29 is 0 Å². The molecule has 2 heterocycles. The number of hydrogen-bond donors (Lipinski definition) is 0. The van der Waals surface area contributed by atoms with Gasteiger partial charge in [0.1, 0.15) is 0 Å². The molecule has 11 rings (SSSR count). The Labute approximate surface area is 345 Å². The van der Waals surface area contributed by atoms with Crippen molar-refractivity contribution in [2.75, 3.05) is 4.90 Å². The van der Waals surface area contributed by atoms with Crippen molar-refractivity contribution >= 4 is 38.9 Å². The Hall–Kier alpha value is -7.42. The first-order valence-electron chi connectivity index (χ1n) is 20.5. The first kappa shape index (κ1) is 34.8. The molecule has 280 valence electrons. The number of hydrogen-bond acceptors (Lipinski definition) is 1. The molecule has 10 aromatic rings. The van der Waals surface area contributed by atoms with Crippen molar-refractivity contribution in [2.45, 2.75) is 19.3 Å². The third-order valence-electron chi connectivity index (χ3n) is 12.4. The molecule has 0 aliphatic carbocycles. The maximum Gasteiger partial charge on any atom is 0.0541 e. The van der Waals surface area contributed by atoms with Crippen molar-refractivity contribution in [3.63, 3.8) is 0 Å². The second-order valence-electron chi connectivity index (χ2n) is 16.1. The predicted molar refractivity (Wildman–Crippen MR) is 249 cm³/mol. The van der Waals surface area contributed by atoms with Crippen LogP contribution < -0.4 is 4.90 Å². The minimum Gasteiger partial charge on any atom is -0.310 e. The van der Waals surface area contributed by atoms with Crippen molar-refractivity contribution in [3.05, 3.63) is 230 Å². The third-order valence-corrected chi connectivity index (χ3v) is 12.4. The molecule has 0 atom stereocenters. The molecule has 2 nitrogen and oxygen atoms in total. The molecule has 0 saturated carbocycles. The Balaban J connectivity index is 1.13. The number of benzene rings is 9. The van der Waals surface area contributed by atoms with E-state index in [1.165, 1.54) is 94.5 Å². The molecule has 0 radical (unpaired) electrons. The first-order valence-corrected chi connectivity index (χ1v) is 20.5. The zero-order valence-electron chi connectivity index (χ0n) is 33.2. The van der Waals surface area contributed by atoms with Crippen LogP contribution in [0.1, 0.15) is 25.0 Å². The summed E-state index contributed by atoms with van der Waals surface area (Å²) in [7, 11) is 0. The van der Waals surface area contributed by atoms with Gasteiger partial charge < -0.3 is 9.47 Å². The second-order valence-corrected chi connectivity index (χ2v) is 16.1. The first-order chi connectivity index (χ1) is 29.0. The van der Waals surface area contributed by atoms with Crippen LogP contribution in [0.3, 0.4) is 0 Å². The number of nitrogens with zero attached hydrogens (tertiary/aromatic N) is 2. The minimum absolute atomic E-state index is 0.328. The topological polar surface area (TPSA) is 8.17 Å². The molecule has 1 aromatic heterocycles. The average molecular weight is 755 g/mol. The van der Waals surface area contributed by atoms with Crippen LogP contribution in [0.2, 0.25) is 0 Å². The zero-order chi connectivity index (χ0) is 39.5. The Bertz CT molecular complexity index is 3160. The lowest BCUT2D eigenvalue weighted by Crippen LogP contribution is -2.31. The molecule has 59 heavy (non-hydrogen) atoms. The van der Waals surface area contributed by atoms with Crippen molar-refractivity contribution in [3.8, 4) is 50.2 Å². The molecule has 0 spiro atoms. The van der Waals surface area contributed by atoms with Crippen LogP contribution >= 0.6 is 0 Å². The largest absolute Gasteiger partial charge is 0.310 e. The van der Waals surface area contributed by atoms with Gasteiger partial charge in [-0.15, -0.1) is 0 Å². The predicted octanol–water partition coefficient (Wildman–Crippen LogP) is 15.6. The minimum atomic E-state index is -0.328. The zero-order valence-corrected chi connectivity index (χ0v) is 33.2. The smallest absolute Gasteiger partial charge is 0.0541 e. The van der Waals surface area contributed by atoms with Gasteiger partial charge in [0, 0.05) is 27.6 Å². The number of para-hydroxylation sites is 3. The summed E-state index contributed by atoms with van der Waals surface area (Å²) in [4.78, 5) is 2.48. The Morgan fingerprint density at radius 3 is 1.56 bits per heavy atom. The average Bonchev–Trinajstić information content (AvgIpc) is 3.64. The van der Waals surface area contributed by atoms with E-state index in [2.05, 4.69) is 242 Å². The maximum absolute atomic E-state index is 2.50. The fourth-order valence-electron chi connectivity index (χ4n) is 9.49. The van der Waals surface area contributed by atoms with Gasteiger partial charge in [0.2, 0.25) is 0 Å². The van der Waals surface area contributed by atoms with Gasteiger partial charge in [-0.05, 0) is 122 Å². The van der Waals surface area contributed by atoms with Gasteiger partial charge in [-0.25, -0.2) is 0 Å². The highest BCUT2D eigenvalue weighted by Gasteiger charge is 2.38. The van der Waals surface area contributed by atoms with Crippen LogP contribution in [0.15, 0.2) is 218 Å². The van der Waals surface area contributed by atoms with Crippen LogP contribution in [0, 0.1) is 0 Å². The van der Waals surface area contributed by atoms with E-state index in [-0.39, 0.29) is 5.41 Å². The summed E-state index contributed by atoms with van der Waals surface area (Å²) in [6.45, 7) is 4.81. The number of anilines is 3. The van der Waals surface area contributed by atoms with Gasteiger partial charge in [-0.1, -0.05) is 166 Å². The number of fused-ring (bicyclic) bond motifs is 5. The van der Waals surface area contributed by atoms with Gasteiger partial charge in [-0.3, -0.25) is 0 Å². The summed E-state index contributed by atoms with van der Waals surface area (Å²) >= 11 is 0. The Morgan fingerprint density at radius 2 is 0.847 bits per heavy atom. The van der Waals surface area contributed by atoms with Crippen molar-refractivity contribution in [1.29, 1.82) is 0 Å². The Kier molecular flexibility index (Phi) is 8.20. The highest BCUT2D eigenvalue weighted by Crippen LogP contribution is 2.55. The molecule has 0 saturated heterocycles. The maximum atomic E-state index is 2.50. The number of rotatable bonds is 6. The van der Waals surface area contributed by atoms with Crippen LogP contribution in [0.5, 0.6) is 0 Å². The van der Waals surface area contributed by atoms with Crippen LogP contribution in [-0.4, -0.2) is 4.57 Å². The summed E-state index contributed by atoms with van der Waals surface area (Å²) in [6, 6.07) is 79.9. The molecule has 2 heteroatoms. The summed E-state index contributed by atoms with van der Waals surface area (Å²) in [6.07, 6.45) is 0. The molecule has 0 bridgehead atoms. The molecular formula is C57H42N2. The lowest BCUT2D eigenvalue weighted by Gasteiger charge is -2.43. The molecular weight excluding hydrogens is 713 g/mol. The van der Waals surface area contributed by atoms with E-state index in [1.54, 1.807) is 0 Å². The highest BCUT2D eigenvalue weighted by molar-refractivity contribution is 6.10. The van der Waals surface area contributed by atoms with Crippen LogP contribution in [0.25, 0.3) is 72.0 Å². The summed E-state index contributed by atoms with van der Waals surface area (Å²) in [5.41, 5.74) is 19.1. The van der Waals surface area contributed by atoms with E-state index in [9.17, 15) is 0 Å². The molecule has 0 unspecified atom stereocenters. The monoisotopic (exact) mass is 754 g/mol. The quantitative estimate of drug-likeness (QED) is 0.164. The van der Waals surface area contributed by atoms with Gasteiger partial charge >= 0.3 is 0 Å². The van der Waals surface area contributed by atoms with Gasteiger partial charge in [0.05, 0.1) is 22.4 Å². The SMILES string of the molecule is CC1(C)c2cc(-c3ccc4c(c3)c3ccccc3n4-c3ccccc3)ccc2N(c2ccccc2)c2cc(-c3ccccc3)c(-c3ccccc3-c3ccccc3)cc21. The van der Waals surface area contributed by atoms with E-state index >= 15 is 0 Å². The van der Waals surface area contributed by atoms with E-state index in [1.807, 2.05) is 0 Å². The molecule has 1 aliphatic heterocycles. The van der Waals surface area contributed by atoms with Crippen LogP contribution in [0.4, 0.5) is 17.1 Å². The van der Waals surface area contributed by atoms with E-state index in [0.29, 0.717) is 0 Å². The second kappa shape index (κ2) is 13.9. The highest BCUT2D eigenvalue weighted by atomic mass is 15.2. The van der Waals surface area contributed by atoms with Crippen LogP contribution in [-0.2, 0) is 5.41 Å². The molecule has 9 aromatic carbocycles. The molecule has 0 N–H and O–H groups in total. The summed E-state index contributed by atoms with van der Waals surface area (Å²) in [5.74, 6) is 0. The fourth-order valence-corrected chi connectivity index (χ4v) is 9.49. The molecule has 0 amide bonds. The standard InChI is InChI=1S/C57H42N2/c1-57(2)51-36-42(41-31-33-54-50(35-41)47-29-17-18-30-53(47)58(54)43-23-11-5-12-24-43)32-34-55(51)59(44-25-13-6-14-26-44)56-38-48(40-21-9-4-10-22-40)49(37-52(56)57)46-28-16-15-27-45(46)39-19-7-3-8-20-39/h3-38H,1-2H3. The lowest BCUT2D eigenvalue weighted by molar-refractivity contribution is 0.632. The van der Waals surface area contributed by atoms with Gasteiger partial charge in [0.15, 0.2) is 0 Å². The summed E-state index contributed by atoms with van der Waals surface area (Å²) in [5, 5.41) is 2.51. The molecule has 1 aliphatic rings. The van der Waals surface area contributed by atoms with Gasteiger partial charge in [0.25, 0.3) is 0 Å². The third kappa shape index (κ3) is 5.71. The lowest BCUT2D eigenvalue weighted by atomic mass is 9.71. The normalized spacial score (nSPS) is 13.0. The fraction of sp³-hybridized carbons (Fsp3) is 0.0526. The van der Waals surface area contributed by atoms with E-state index in [4.69, 9.17) is 0 Å². The van der Waals surface area contributed by atoms with E-state index in [0.717, 1.165) is 5.69 Å². The molecule has 0 fully saturated rings.